The molecule has 0 atom stereocenters. The Morgan fingerprint density at radius 2 is 0.750 bits per heavy atom. The van der Waals surface area contributed by atoms with Crippen LogP contribution in [0.2, 0.25) is 0 Å². The van der Waals surface area contributed by atoms with Gasteiger partial charge in [0.25, 0.3) is 0 Å². The molecule has 0 amide bonds. The largest absolute Gasteiger partial charge is 0.309 e. The second kappa shape index (κ2) is 12.5. The fourth-order valence-electron chi connectivity index (χ4n) is 11.0. The summed E-state index contributed by atoms with van der Waals surface area (Å²) in [5.74, 6) is 0. The van der Waals surface area contributed by atoms with Crippen LogP contribution >= 0.6 is 7.14 Å². The van der Waals surface area contributed by atoms with Crippen LogP contribution in [0.4, 0.5) is 0 Å². The lowest BCUT2D eigenvalue weighted by molar-refractivity contribution is 0.592. The molecule has 10 aromatic carbocycles. The zero-order valence-electron chi connectivity index (χ0n) is 34.3. The number of fused-ring (bicyclic) bond motifs is 12. The number of benzene rings is 10. The van der Waals surface area contributed by atoms with Crippen LogP contribution in [0, 0.1) is 0 Å². The van der Waals surface area contributed by atoms with E-state index in [4.69, 9.17) is 0 Å². The highest BCUT2D eigenvalue weighted by atomic mass is 31.2. The average Bonchev–Trinajstić information content (AvgIpc) is 3.66. The molecule has 12 rings (SSSR count). The maximum Gasteiger partial charge on any atom is 0.171 e. The third-order valence-corrected chi connectivity index (χ3v) is 17.2. The van der Waals surface area contributed by atoms with Gasteiger partial charge in [-0.1, -0.05) is 198 Å². The first kappa shape index (κ1) is 35.4. The summed E-state index contributed by atoms with van der Waals surface area (Å²) >= 11 is 0. The normalized spacial score (nSPS) is 14.7. The van der Waals surface area contributed by atoms with E-state index in [-0.39, 0.29) is 10.8 Å². The van der Waals surface area contributed by atoms with E-state index in [1.54, 1.807) is 0 Å². The molecule has 60 heavy (non-hydrogen) atoms. The third-order valence-electron chi connectivity index (χ3n) is 14.1. The molecule has 0 saturated carbocycles. The molecule has 2 heteroatoms. The summed E-state index contributed by atoms with van der Waals surface area (Å²) in [6.07, 6.45) is 0. The van der Waals surface area contributed by atoms with Crippen LogP contribution in [0.15, 0.2) is 188 Å². The summed E-state index contributed by atoms with van der Waals surface area (Å²) in [7, 11) is -3.42. The lowest BCUT2D eigenvalue weighted by atomic mass is 9.82. The zero-order chi connectivity index (χ0) is 40.5. The lowest BCUT2D eigenvalue weighted by Crippen LogP contribution is -2.28. The molecular weight excluding hydrogens is 744 g/mol. The first-order chi connectivity index (χ1) is 29.1. The van der Waals surface area contributed by atoms with Crippen LogP contribution in [0.3, 0.4) is 0 Å². The van der Waals surface area contributed by atoms with Crippen LogP contribution in [-0.4, -0.2) is 0 Å². The van der Waals surface area contributed by atoms with Gasteiger partial charge in [-0.15, -0.1) is 0 Å². The van der Waals surface area contributed by atoms with Gasteiger partial charge in [0.15, 0.2) is 7.14 Å². The highest BCUT2D eigenvalue weighted by Crippen LogP contribution is 2.54. The molecule has 0 N–H and O–H groups in total. The van der Waals surface area contributed by atoms with Crippen molar-refractivity contribution >= 4 is 66.1 Å². The van der Waals surface area contributed by atoms with E-state index in [1.165, 1.54) is 93.2 Å². The predicted octanol–water partition coefficient (Wildman–Crippen LogP) is 14.2. The maximum atomic E-state index is 16.8. The summed E-state index contributed by atoms with van der Waals surface area (Å²) in [4.78, 5) is 0. The van der Waals surface area contributed by atoms with E-state index >= 15 is 4.57 Å². The van der Waals surface area contributed by atoms with Crippen molar-refractivity contribution < 1.29 is 4.57 Å². The maximum absolute atomic E-state index is 16.8. The molecule has 0 fully saturated rings. The molecule has 0 bridgehead atoms. The minimum atomic E-state index is -3.42. The van der Waals surface area contributed by atoms with Crippen molar-refractivity contribution in [2.45, 2.75) is 38.5 Å². The third kappa shape index (κ3) is 4.79. The van der Waals surface area contributed by atoms with Crippen molar-refractivity contribution in [3.05, 3.63) is 210 Å². The minimum absolute atomic E-state index is 0.220. The van der Waals surface area contributed by atoms with Gasteiger partial charge in [-0.3, -0.25) is 0 Å². The smallest absolute Gasteiger partial charge is 0.171 e. The quantitative estimate of drug-likeness (QED) is 0.0986. The van der Waals surface area contributed by atoms with Crippen molar-refractivity contribution in [3.8, 4) is 33.4 Å². The van der Waals surface area contributed by atoms with Gasteiger partial charge in [-0.05, 0) is 117 Å². The number of hydrogen-bond donors (Lipinski definition) is 0. The SMILES string of the molecule is CC1(C)c2ccccc2-c2ccc(P(=O)(c3ccc(-c4c5ccc6ccccc6c5cc5c4ccc4ccccc45)cc3)c3ccc4c(c3)C(C)(C)c3ccccc3-4)cc21. The van der Waals surface area contributed by atoms with Crippen LogP contribution in [0.5, 0.6) is 0 Å². The van der Waals surface area contributed by atoms with Gasteiger partial charge in [-0.25, -0.2) is 0 Å². The molecule has 0 heterocycles. The second-order valence-corrected chi connectivity index (χ2v) is 20.7. The molecule has 0 spiro atoms. The monoisotopic (exact) mass is 786 g/mol. The Hall–Kier alpha value is -6.53. The Balaban J connectivity index is 1.09. The van der Waals surface area contributed by atoms with Crippen molar-refractivity contribution in [2.75, 3.05) is 0 Å². The molecule has 286 valence electrons. The Morgan fingerprint density at radius 1 is 0.333 bits per heavy atom. The van der Waals surface area contributed by atoms with Gasteiger partial charge in [-0.2, -0.15) is 0 Å². The Morgan fingerprint density at radius 3 is 1.25 bits per heavy atom. The first-order valence-corrected chi connectivity index (χ1v) is 22.8. The topological polar surface area (TPSA) is 17.1 Å². The summed E-state index contributed by atoms with van der Waals surface area (Å²) in [6.45, 7) is 9.21. The Bertz CT molecular complexity index is 3310. The standard InChI is InChI=1S/C58H43OP/c1-57(2)52-19-11-9-17-44(52)46-31-27-40(33-54(46)57)60(59,41-28-32-47-45-18-10-12-20-53(45)58(3,4)55(47)34-41)39-25-21-38(22-26-39)56-48-29-23-36-13-5-7-15-42(36)50(48)35-51-43-16-8-6-14-37(43)24-30-49(51)56/h5-35H,1-4H3. The van der Waals surface area contributed by atoms with E-state index in [9.17, 15) is 0 Å². The second-order valence-electron chi connectivity index (χ2n) is 18.0. The van der Waals surface area contributed by atoms with Gasteiger partial charge in [0.1, 0.15) is 0 Å². The molecule has 0 aromatic heterocycles. The summed E-state index contributed by atoms with van der Waals surface area (Å²) in [5, 5.41) is 12.4. The molecule has 0 saturated heterocycles. The summed E-state index contributed by atoms with van der Waals surface area (Å²) < 4.78 is 16.8. The van der Waals surface area contributed by atoms with Crippen LogP contribution in [-0.2, 0) is 15.4 Å². The molecule has 0 aliphatic heterocycles. The van der Waals surface area contributed by atoms with Gasteiger partial charge in [0.2, 0.25) is 0 Å². The molecular formula is C58H43OP. The number of rotatable bonds is 4. The van der Waals surface area contributed by atoms with Crippen molar-refractivity contribution in [2.24, 2.45) is 0 Å². The zero-order valence-corrected chi connectivity index (χ0v) is 35.1. The van der Waals surface area contributed by atoms with Gasteiger partial charge >= 0.3 is 0 Å². The van der Waals surface area contributed by atoms with E-state index in [0.717, 1.165) is 21.5 Å². The van der Waals surface area contributed by atoms with Crippen molar-refractivity contribution in [1.29, 1.82) is 0 Å². The van der Waals surface area contributed by atoms with E-state index in [2.05, 4.69) is 216 Å². The molecule has 2 aliphatic carbocycles. The minimum Gasteiger partial charge on any atom is -0.309 e. The lowest BCUT2D eigenvalue weighted by Gasteiger charge is -2.27. The number of hydrogen-bond acceptors (Lipinski definition) is 1. The van der Waals surface area contributed by atoms with Crippen LogP contribution in [0.1, 0.15) is 49.9 Å². The van der Waals surface area contributed by atoms with E-state index in [0.29, 0.717) is 0 Å². The molecule has 0 unspecified atom stereocenters. The fourth-order valence-corrected chi connectivity index (χ4v) is 13.7. The summed E-state index contributed by atoms with van der Waals surface area (Å²) in [6, 6.07) is 68.3. The molecule has 10 aromatic rings. The molecule has 0 radical (unpaired) electrons. The van der Waals surface area contributed by atoms with Gasteiger partial charge in [0.05, 0.1) is 0 Å². The fraction of sp³-hybridized carbons (Fsp3) is 0.103. The highest BCUT2D eigenvalue weighted by molar-refractivity contribution is 7.85. The van der Waals surface area contributed by atoms with Crippen LogP contribution < -0.4 is 15.9 Å². The van der Waals surface area contributed by atoms with E-state index < -0.39 is 7.14 Å². The van der Waals surface area contributed by atoms with Gasteiger partial charge < -0.3 is 4.57 Å². The first-order valence-electron chi connectivity index (χ1n) is 21.1. The average molecular weight is 787 g/mol. The molecule has 2 aliphatic rings. The van der Waals surface area contributed by atoms with Crippen molar-refractivity contribution in [3.63, 3.8) is 0 Å². The van der Waals surface area contributed by atoms with Crippen molar-refractivity contribution in [1.82, 2.24) is 0 Å². The van der Waals surface area contributed by atoms with Gasteiger partial charge in [0, 0.05) is 26.7 Å². The Labute approximate surface area is 351 Å². The van der Waals surface area contributed by atoms with Crippen LogP contribution in [0.25, 0.3) is 76.5 Å². The highest BCUT2D eigenvalue weighted by Gasteiger charge is 2.40. The van der Waals surface area contributed by atoms with E-state index in [1.807, 2.05) is 0 Å². The predicted molar refractivity (Wildman–Crippen MR) is 256 cm³/mol. The molecule has 1 nitrogen and oxygen atoms in total. The summed E-state index contributed by atoms with van der Waals surface area (Å²) in [5.41, 5.74) is 12.0. The Kier molecular flexibility index (Phi) is 7.38.